The first-order valence-electron chi connectivity index (χ1n) is 0.885. The SMILES string of the molecule is Cl.ClC(Cl)=CBr. The highest BCUT2D eigenvalue weighted by Crippen LogP contribution is 2.07. The van der Waals surface area contributed by atoms with Crippen molar-refractivity contribution in [1.82, 2.24) is 0 Å². The molecule has 0 nitrogen and oxygen atoms in total. The highest BCUT2D eigenvalue weighted by Gasteiger charge is 1.70. The van der Waals surface area contributed by atoms with Gasteiger partial charge >= 0.3 is 0 Å². The van der Waals surface area contributed by atoms with Crippen LogP contribution in [-0.4, -0.2) is 0 Å². The second-order valence-electron chi connectivity index (χ2n) is 0.399. The Hall–Kier alpha value is 1.09. The van der Waals surface area contributed by atoms with Gasteiger partial charge in [-0.05, 0) is 0 Å². The van der Waals surface area contributed by atoms with Crippen molar-refractivity contribution in [2.75, 3.05) is 0 Å². The maximum absolute atomic E-state index is 5.04. The lowest BCUT2D eigenvalue weighted by atomic mass is 11.3. The summed E-state index contributed by atoms with van der Waals surface area (Å²) in [7, 11) is 0. The van der Waals surface area contributed by atoms with Crippen LogP contribution in [-0.2, 0) is 0 Å². The largest absolute Gasteiger partial charge is 0.147 e. The van der Waals surface area contributed by atoms with Crippen molar-refractivity contribution in [3.63, 3.8) is 0 Å². The van der Waals surface area contributed by atoms with Crippen LogP contribution in [0.15, 0.2) is 9.48 Å². The standard InChI is InChI=1S/C2HBrCl2.ClH/c3-1-2(4)5;/h1H;1H. The summed E-state index contributed by atoms with van der Waals surface area (Å²) in [4.78, 5) is 1.43. The molecule has 0 heterocycles. The van der Waals surface area contributed by atoms with Crippen LogP contribution in [0, 0.1) is 0 Å². The zero-order valence-corrected chi connectivity index (χ0v) is 6.53. The molecule has 0 aromatic rings. The lowest BCUT2D eigenvalue weighted by Crippen LogP contribution is -1.33. The summed E-state index contributed by atoms with van der Waals surface area (Å²) >= 11 is 13.0. The van der Waals surface area contributed by atoms with Gasteiger partial charge in [0.15, 0.2) is 0 Å². The molecule has 0 unspecified atom stereocenters. The number of hydrogen-bond donors (Lipinski definition) is 0. The lowest BCUT2D eigenvalue weighted by Gasteiger charge is -1.64. The zero-order valence-electron chi connectivity index (χ0n) is 2.62. The Morgan fingerprint density at radius 3 is 1.67 bits per heavy atom. The van der Waals surface area contributed by atoms with Gasteiger partial charge in [0.05, 0.1) is 0 Å². The number of hydrogen-bond acceptors (Lipinski definition) is 0. The fourth-order valence-corrected chi connectivity index (χ4v) is 0. The van der Waals surface area contributed by atoms with Gasteiger partial charge in [-0.25, -0.2) is 0 Å². The molecule has 0 aliphatic heterocycles. The van der Waals surface area contributed by atoms with Gasteiger partial charge in [0.1, 0.15) is 4.49 Å². The Morgan fingerprint density at radius 1 is 1.50 bits per heavy atom. The summed E-state index contributed by atoms with van der Waals surface area (Å²) in [6.07, 6.45) is 0. The monoisotopic (exact) mass is 210 g/mol. The Labute approximate surface area is 61.0 Å². The predicted octanol–water partition coefficient (Wildman–Crippen LogP) is 3.08. The minimum absolute atomic E-state index is 0. The number of halogens is 4. The van der Waals surface area contributed by atoms with Crippen LogP contribution in [0.3, 0.4) is 0 Å². The molecular formula is C2H2BrCl3. The molecule has 0 saturated heterocycles. The molecule has 0 amide bonds. The molecule has 0 N–H and O–H groups in total. The van der Waals surface area contributed by atoms with Crippen LogP contribution in [0.1, 0.15) is 0 Å². The normalized spacial score (nSPS) is 5.83. The topological polar surface area (TPSA) is 0 Å². The molecule has 0 bridgehead atoms. The summed E-state index contributed by atoms with van der Waals surface area (Å²) in [5, 5.41) is 0. The third-order valence-corrected chi connectivity index (χ3v) is 1.29. The maximum atomic E-state index is 5.04. The third-order valence-electron chi connectivity index (χ3n) is 0.0825. The molecule has 0 rings (SSSR count). The summed E-state index contributed by atoms with van der Waals surface area (Å²) < 4.78 is 0.241. The van der Waals surface area contributed by atoms with E-state index in [4.69, 9.17) is 23.2 Å². The molecule has 0 aliphatic rings. The second-order valence-corrected chi connectivity index (χ2v) is 1.86. The van der Waals surface area contributed by atoms with E-state index >= 15 is 0 Å². The van der Waals surface area contributed by atoms with Crippen LogP contribution < -0.4 is 0 Å². The van der Waals surface area contributed by atoms with Gasteiger partial charge in [0, 0.05) is 4.99 Å². The Morgan fingerprint density at radius 2 is 1.67 bits per heavy atom. The Bertz CT molecular complexity index is 46.8. The summed E-state index contributed by atoms with van der Waals surface area (Å²) in [6.45, 7) is 0. The Kier molecular flexibility index (Phi) is 10.3. The van der Waals surface area contributed by atoms with Gasteiger partial charge in [0.25, 0.3) is 0 Å². The fraction of sp³-hybridized carbons (Fsp3) is 0. The highest BCUT2D eigenvalue weighted by atomic mass is 79.9. The summed E-state index contributed by atoms with van der Waals surface area (Å²) in [6, 6.07) is 0. The van der Waals surface area contributed by atoms with E-state index in [9.17, 15) is 0 Å². The van der Waals surface area contributed by atoms with E-state index in [-0.39, 0.29) is 16.9 Å². The first-order chi connectivity index (χ1) is 2.27. The molecule has 0 atom stereocenters. The first-order valence-corrected chi connectivity index (χ1v) is 2.56. The minimum Gasteiger partial charge on any atom is -0.147 e. The van der Waals surface area contributed by atoms with Crippen LogP contribution in [0.2, 0.25) is 0 Å². The van der Waals surface area contributed by atoms with Gasteiger partial charge in [-0.2, -0.15) is 0 Å². The lowest BCUT2D eigenvalue weighted by molar-refractivity contribution is 2.41. The third kappa shape index (κ3) is 8.92. The van der Waals surface area contributed by atoms with Crippen molar-refractivity contribution in [3.05, 3.63) is 9.48 Å². The van der Waals surface area contributed by atoms with Crippen LogP contribution >= 0.6 is 51.5 Å². The van der Waals surface area contributed by atoms with Crippen molar-refractivity contribution in [2.45, 2.75) is 0 Å². The van der Waals surface area contributed by atoms with Crippen molar-refractivity contribution in [2.24, 2.45) is 0 Å². The smallest absolute Gasteiger partial charge is 0.113 e. The second kappa shape index (κ2) is 6.09. The van der Waals surface area contributed by atoms with Crippen molar-refractivity contribution >= 4 is 51.5 Å². The van der Waals surface area contributed by atoms with Gasteiger partial charge in [-0.3, -0.25) is 0 Å². The van der Waals surface area contributed by atoms with Gasteiger partial charge in [0.2, 0.25) is 0 Å². The van der Waals surface area contributed by atoms with E-state index in [1.165, 1.54) is 4.99 Å². The first kappa shape index (κ1) is 10.1. The molecule has 0 saturated carbocycles. The van der Waals surface area contributed by atoms with E-state index in [2.05, 4.69) is 15.9 Å². The maximum Gasteiger partial charge on any atom is 0.113 e. The van der Waals surface area contributed by atoms with E-state index in [0.29, 0.717) is 0 Å². The average molecular weight is 212 g/mol. The van der Waals surface area contributed by atoms with Crippen LogP contribution in [0.5, 0.6) is 0 Å². The Balaban J connectivity index is 0. The minimum atomic E-state index is 0. The number of rotatable bonds is 0. The van der Waals surface area contributed by atoms with E-state index in [1.807, 2.05) is 0 Å². The highest BCUT2D eigenvalue weighted by molar-refractivity contribution is 9.11. The molecule has 0 aromatic carbocycles. The molecule has 38 valence electrons. The molecule has 0 fully saturated rings. The van der Waals surface area contributed by atoms with Crippen molar-refractivity contribution in [3.8, 4) is 0 Å². The molecule has 0 radical (unpaired) electrons. The van der Waals surface area contributed by atoms with E-state index in [0.717, 1.165) is 0 Å². The van der Waals surface area contributed by atoms with Crippen molar-refractivity contribution < 1.29 is 0 Å². The van der Waals surface area contributed by atoms with Crippen LogP contribution in [0.25, 0.3) is 0 Å². The predicted molar refractivity (Wildman–Crippen MR) is 36.0 cm³/mol. The molecule has 4 heteroatoms. The molecule has 0 aliphatic carbocycles. The van der Waals surface area contributed by atoms with Gasteiger partial charge in [-0.1, -0.05) is 39.1 Å². The van der Waals surface area contributed by atoms with E-state index < -0.39 is 0 Å². The fourth-order valence-electron chi connectivity index (χ4n) is 0. The van der Waals surface area contributed by atoms with Crippen molar-refractivity contribution in [1.29, 1.82) is 0 Å². The zero-order chi connectivity index (χ0) is 4.28. The quantitative estimate of drug-likeness (QED) is 0.579. The average Bonchev–Trinajstić information content (AvgIpc) is 1.38. The molecule has 0 spiro atoms. The molecule has 0 aromatic heterocycles. The van der Waals surface area contributed by atoms with Gasteiger partial charge < -0.3 is 0 Å². The molecule has 6 heavy (non-hydrogen) atoms. The summed E-state index contributed by atoms with van der Waals surface area (Å²) in [5.41, 5.74) is 0. The molecular weight excluding hydrogens is 210 g/mol. The van der Waals surface area contributed by atoms with Crippen LogP contribution in [0.4, 0.5) is 0 Å². The van der Waals surface area contributed by atoms with Gasteiger partial charge in [-0.15, -0.1) is 12.4 Å². The van der Waals surface area contributed by atoms with E-state index in [1.54, 1.807) is 0 Å². The summed E-state index contributed by atoms with van der Waals surface area (Å²) in [5.74, 6) is 0.